The molecule has 1 unspecified atom stereocenters. The third-order valence-electron chi connectivity index (χ3n) is 3.52. The SMILES string of the molecule is NCC1CCCN1C(=O)CCCOc1ccccc1. The second kappa shape index (κ2) is 7.14. The van der Waals surface area contributed by atoms with E-state index < -0.39 is 0 Å². The average molecular weight is 262 g/mol. The fourth-order valence-electron chi connectivity index (χ4n) is 2.48. The first-order valence-electron chi connectivity index (χ1n) is 6.98. The molecule has 1 heterocycles. The van der Waals surface area contributed by atoms with E-state index in [9.17, 15) is 4.79 Å². The highest BCUT2D eigenvalue weighted by atomic mass is 16.5. The molecule has 0 aromatic heterocycles. The molecule has 4 nitrogen and oxygen atoms in total. The van der Waals surface area contributed by atoms with E-state index in [1.54, 1.807) is 0 Å². The Morgan fingerprint density at radius 3 is 2.89 bits per heavy atom. The summed E-state index contributed by atoms with van der Waals surface area (Å²) >= 11 is 0. The van der Waals surface area contributed by atoms with Crippen molar-refractivity contribution in [3.63, 3.8) is 0 Å². The number of nitrogens with two attached hydrogens (primary N) is 1. The Balaban J connectivity index is 1.67. The highest BCUT2D eigenvalue weighted by Crippen LogP contribution is 2.17. The number of ether oxygens (including phenoxy) is 1. The van der Waals surface area contributed by atoms with Crippen LogP contribution >= 0.6 is 0 Å². The van der Waals surface area contributed by atoms with E-state index in [0.717, 1.165) is 31.6 Å². The lowest BCUT2D eigenvalue weighted by molar-refractivity contribution is -0.132. The van der Waals surface area contributed by atoms with Crippen LogP contribution in [0, 0.1) is 0 Å². The first-order valence-corrected chi connectivity index (χ1v) is 6.98. The number of para-hydroxylation sites is 1. The molecule has 0 spiro atoms. The zero-order chi connectivity index (χ0) is 13.5. The molecule has 0 saturated carbocycles. The van der Waals surface area contributed by atoms with Crippen molar-refractivity contribution in [1.82, 2.24) is 4.90 Å². The van der Waals surface area contributed by atoms with Crippen molar-refractivity contribution in [2.75, 3.05) is 19.7 Å². The molecule has 1 aliphatic heterocycles. The Labute approximate surface area is 114 Å². The number of benzene rings is 1. The standard InChI is InChI=1S/C15H22N2O2/c16-12-13-6-4-10-17(13)15(18)9-5-11-19-14-7-2-1-3-8-14/h1-3,7-8,13H,4-6,9-12,16H2. The lowest BCUT2D eigenvalue weighted by Crippen LogP contribution is -2.39. The highest BCUT2D eigenvalue weighted by Gasteiger charge is 2.26. The van der Waals surface area contributed by atoms with Crippen LogP contribution in [0.25, 0.3) is 0 Å². The summed E-state index contributed by atoms with van der Waals surface area (Å²) in [6.07, 6.45) is 3.42. The van der Waals surface area contributed by atoms with Crippen molar-refractivity contribution < 1.29 is 9.53 Å². The normalized spacial score (nSPS) is 18.6. The summed E-state index contributed by atoms with van der Waals surface area (Å²) in [5, 5.41) is 0. The van der Waals surface area contributed by atoms with Gasteiger partial charge in [-0.1, -0.05) is 18.2 Å². The lowest BCUT2D eigenvalue weighted by atomic mass is 10.2. The maximum Gasteiger partial charge on any atom is 0.222 e. The minimum atomic E-state index is 0.213. The average Bonchev–Trinajstić information content (AvgIpc) is 2.93. The van der Waals surface area contributed by atoms with Crippen LogP contribution in [0.1, 0.15) is 25.7 Å². The van der Waals surface area contributed by atoms with E-state index in [4.69, 9.17) is 10.5 Å². The zero-order valence-corrected chi connectivity index (χ0v) is 11.3. The molecule has 1 saturated heterocycles. The number of hydrogen-bond acceptors (Lipinski definition) is 3. The van der Waals surface area contributed by atoms with Gasteiger partial charge in [0, 0.05) is 25.6 Å². The maximum absolute atomic E-state index is 12.0. The molecule has 104 valence electrons. The molecule has 0 aliphatic carbocycles. The second-order valence-corrected chi connectivity index (χ2v) is 4.88. The lowest BCUT2D eigenvalue weighted by Gasteiger charge is -2.23. The molecule has 1 fully saturated rings. The summed E-state index contributed by atoms with van der Waals surface area (Å²) in [7, 11) is 0. The minimum Gasteiger partial charge on any atom is -0.494 e. The van der Waals surface area contributed by atoms with E-state index in [0.29, 0.717) is 19.6 Å². The summed E-state index contributed by atoms with van der Waals surface area (Å²) < 4.78 is 5.58. The number of carbonyl (C=O) groups is 1. The van der Waals surface area contributed by atoms with Gasteiger partial charge in [-0.15, -0.1) is 0 Å². The molecule has 2 rings (SSSR count). The topological polar surface area (TPSA) is 55.6 Å². The van der Waals surface area contributed by atoms with E-state index >= 15 is 0 Å². The Morgan fingerprint density at radius 1 is 1.37 bits per heavy atom. The van der Waals surface area contributed by atoms with Gasteiger partial charge in [0.1, 0.15) is 5.75 Å². The van der Waals surface area contributed by atoms with Gasteiger partial charge in [0.25, 0.3) is 0 Å². The van der Waals surface area contributed by atoms with Crippen molar-refractivity contribution in [2.24, 2.45) is 5.73 Å². The van der Waals surface area contributed by atoms with Crippen molar-refractivity contribution >= 4 is 5.91 Å². The molecule has 0 radical (unpaired) electrons. The molecule has 19 heavy (non-hydrogen) atoms. The Bertz CT molecular complexity index is 394. The van der Waals surface area contributed by atoms with Gasteiger partial charge in [-0.05, 0) is 31.4 Å². The van der Waals surface area contributed by atoms with Gasteiger partial charge in [0.05, 0.1) is 6.61 Å². The van der Waals surface area contributed by atoms with E-state index in [1.165, 1.54) is 0 Å². The third-order valence-corrected chi connectivity index (χ3v) is 3.52. The summed E-state index contributed by atoms with van der Waals surface area (Å²) in [4.78, 5) is 14.0. The molecule has 0 bridgehead atoms. The molecule has 2 N–H and O–H groups in total. The molecule has 4 heteroatoms. The Morgan fingerprint density at radius 2 is 2.16 bits per heavy atom. The molecule has 1 amide bonds. The number of rotatable bonds is 6. The van der Waals surface area contributed by atoms with E-state index in [-0.39, 0.29) is 11.9 Å². The monoisotopic (exact) mass is 262 g/mol. The van der Waals surface area contributed by atoms with Gasteiger partial charge in [-0.2, -0.15) is 0 Å². The summed E-state index contributed by atoms with van der Waals surface area (Å²) in [5.74, 6) is 1.07. The van der Waals surface area contributed by atoms with Gasteiger partial charge in [-0.25, -0.2) is 0 Å². The number of carbonyl (C=O) groups excluding carboxylic acids is 1. The van der Waals surface area contributed by atoms with Crippen LogP contribution in [-0.4, -0.2) is 36.5 Å². The summed E-state index contributed by atoms with van der Waals surface area (Å²) in [5.41, 5.74) is 5.67. The zero-order valence-electron chi connectivity index (χ0n) is 11.3. The van der Waals surface area contributed by atoms with Crippen LogP contribution in [0.3, 0.4) is 0 Å². The third kappa shape index (κ3) is 3.96. The van der Waals surface area contributed by atoms with Crippen LogP contribution in [-0.2, 0) is 4.79 Å². The van der Waals surface area contributed by atoms with Gasteiger partial charge in [-0.3, -0.25) is 4.79 Å². The molecule has 1 aliphatic rings. The van der Waals surface area contributed by atoms with Crippen molar-refractivity contribution in [3.05, 3.63) is 30.3 Å². The smallest absolute Gasteiger partial charge is 0.222 e. The molecule has 1 atom stereocenters. The second-order valence-electron chi connectivity index (χ2n) is 4.88. The number of amides is 1. The predicted molar refractivity (Wildman–Crippen MR) is 75.0 cm³/mol. The van der Waals surface area contributed by atoms with E-state index in [1.807, 2.05) is 35.2 Å². The largest absolute Gasteiger partial charge is 0.494 e. The highest BCUT2D eigenvalue weighted by molar-refractivity contribution is 5.76. The van der Waals surface area contributed by atoms with Crippen LogP contribution in [0.2, 0.25) is 0 Å². The molecule has 1 aromatic carbocycles. The fraction of sp³-hybridized carbons (Fsp3) is 0.533. The number of hydrogen-bond donors (Lipinski definition) is 1. The van der Waals surface area contributed by atoms with E-state index in [2.05, 4.69) is 0 Å². The molecule has 1 aromatic rings. The minimum absolute atomic E-state index is 0.213. The van der Waals surface area contributed by atoms with Crippen molar-refractivity contribution in [1.29, 1.82) is 0 Å². The Kier molecular flexibility index (Phi) is 5.21. The van der Waals surface area contributed by atoms with Crippen LogP contribution in [0.4, 0.5) is 0 Å². The van der Waals surface area contributed by atoms with Crippen LogP contribution < -0.4 is 10.5 Å². The van der Waals surface area contributed by atoms with Gasteiger partial charge >= 0.3 is 0 Å². The van der Waals surface area contributed by atoms with Crippen molar-refractivity contribution in [2.45, 2.75) is 31.7 Å². The molecular weight excluding hydrogens is 240 g/mol. The maximum atomic E-state index is 12.0. The van der Waals surface area contributed by atoms with Crippen LogP contribution in [0.5, 0.6) is 5.75 Å². The predicted octanol–water partition coefficient (Wildman–Crippen LogP) is 1.80. The van der Waals surface area contributed by atoms with Gasteiger partial charge in [0.15, 0.2) is 0 Å². The Hall–Kier alpha value is -1.55. The van der Waals surface area contributed by atoms with Crippen LogP contribution in [0.15, 0.2) is 30.3 Å². The van der Waals surface area contributed by atoms with Gasteiger partial charge < -0.3 is 15.4 Å². The molecular formula is C15H22N2O2. The quantitative estimate of drug-likeness (QED) is 0.795. The number of likely N-dealkylation sites (tertiary alicyclic amines) is 1. The van der Waals surface area contributed by atoms with Crippen molar-refractivity contribution in [3.8, 4) is 5.75 Å². The summed E-state index contributed by atoms with van der Waals surface area (Å²) in [6.45, 7) is 2.02. The number of nitrogens with zero attached hydrogens (tertiary/aromatic N) is 1. The first kappa shape index (κ1) is 13.9. The first-order chi connectivity index (χ1) is 9.31. The summed E-state index contributed by atoms with van der Waals surface area (Å²) in [6, 6.07) is 9.94. The van der Waals surface area contributed by atoms with Gasteiger partial charge in [0.2, 0.25) is 5.91 Å². The fourth-order valence-corrected chi connectivity index (χ4v) is 2.48.